The van der Waals surface area contributed by atoms with Crippen molar-refractivity contribution in [3.8, 4) is 0 Å². The van der Waals surface area contributed by atoms with Crippen LogP contribution in [-0.4, -0.2) is 46.5 Å². The Hall–Kier alpha value is -1.99. The van der Waals surface area contributed by atoms with Crippen molar-refractivity contribution in [2.24, 2.45) is 17.3 Å². The Labute approximate surface area is 248 Å². The lowest BCUT2D eigenvalue weighted by atomic mass is 9.70. The van der Waals surface area contributed by atoms with Gasteiger partial charge in [-0.25, -0.2) is 0 Å². The Morgan fingerprint density at radius 3 is 2.24 bits per heavy atom. The summed E-state index contributed by atoms with van der Waals surface area (Å²) in [5, 5.41) is 2.45. The van der Waals surface area contributed by atoms with Crippen molar-refractivity contribution in [3.05, 3.63) is 60.7 Å². The molecule has 5 rings (SSSR count). The van der Waals surface area contributed by atoms with Gasteiger partial charge in [0, 0.05) is 31.0 Å². The minimum Gasteiger partial charge on any atom is -0.465 e. The molecule has 3 fully saturated rings. The summed E-state index contributed by atoms with van der Waals surface area (Å²) in [5.74, 6) is 0.218. The molecule has 5 atom stereocenters. The Kier molecular flexibility index (Phi) is 9.74. The molecule has 2 aliphatic heterocycles. The molecule has 0 radical (unpaired) electrons. The molecule has 0 bridgehead atoms. The van der Waals surface area contributed by atoms with E-state index >= 15 is 0 Å². The normalized spacial score (nSPS) is 28.7. The van der Waals surface area contributed by atoms with Gasteiger partial charge in [-0.1, -0.05) is 108 Å². The molecular weight excluding hydrogens is 528 g/mol. The Bertz CT molecular complexity index is 1070. The summed E-state index contributed by atoms with van der Waals surface area (Å²) >= 11 is 0. The minimum absolute atomic E-state index is 0.0163. The molecule has 6 heteroatoms. The van der Waals surface area contributed by atoms with E-state index in [0.717, 1.165) is 45.1 Å². The van der Waals surface area contributed by atoms with Gasteiger partial charge in [0.2, 0.25) is 0 Å². The van der Waals surface area contributed by atoms with Gasteiger partial charge in [0.15, 0.2) is 6.29 Å². The summed E-state index contributed by atoms with van der Waals surface area (Å²) in [7, 11) is -2.73. The third-order valence-corrected chi connectivity index (χ3v) is 15.0. The zero-order valence-corrected chi connectivity index (χ0v) is 26.6. The topological polar surface area (TPSA) is 54.0 Å². The maximum absolute atomic E-state index is 12.8. The van der Waals surface area contributed by atoms with Crippen molar-refractivity contribution in [1.82, 2.24) is 0 Å². The van der Waals surface area contributed by atoms with E-state index in [1.54, 1.807) is 0 Å². The monoisotopic (exact) mass is 578 g/mol. The van der Waals surface area contributed by atoms with Crippen LogP contribution in [0.5, 0.6) is 0 Å². The molecule has 2 aromatic rings. The number of esters is 1. The van der Waals surface area contributed by atoms with Crippen LogP contribution in [0.25, 0.3) is 0 Å². The Morgan fingerprint density at radius 2 is 1.66 bits per heavy atom. The van der Waals surface area contributed by atoms with Gasteiger partial charge in [0.25, 0.3) is 8.32 Å². The molecule has 5 nitrogen and oxygen atoms in total. The van der Waals surface area contributed by atoms with E-state index in [1.807, 2.05) is 0 Å². The van der Waals surface area contributed by atoms with Crippen molar-refractivity contribution in [2.75, 3.05) is 19.8 Å². The zero-order chi connectivity index (χ0) is 28.9. The first-order chi connectivity index (χ1) is 19.8. The first-order valence-corrected chi connectivity index (χ1v) is 17.9. The lowest BCUT2D eigenvalue weighted by molar-refractivity contribution is -0.197. The molecule has 41 heavy (non-hydrogen) atoms. The molecule has 224 valence electrons. The second-order valence-corrected chi connectivity index (χ2v) is 17.9. The molecule has 3 aliphatic rings. The Balaban J connectivity index is 1.52. The predicted molar refractivity (Wildman–Crippen MR) is 166 cm³/mol. The number of cyclic esters (lactones) is 1. The van der Waals surface area contributed by atoms with Crippen LogP contribution < -0.4 is 10.4 Å². The number of rotatable bonds is 11. The number of carbonyl (C=O) groups is 1. The standard InChI is InChI=1S/C35H50O5Si/c1-5-6-14-21-35-24-31(40-33-20-13-15-22-37-33)29(30(35)23-32(36)38-26-35)25-39-41(34(2,3)4,27-16-9-7-10-17-27)28-18-11-8-12-19-28/h7-12,16-19,29-31,33H,5-6,13-15,20-26H2,1-4H3. The lowest BCUT2D eigenvalue weighted by Crippen LogP contribution is -2.67. The number of hydrogen-bond donors (Lipinski definition) is 0. The SMILES string of the molecule is CCCCCC12COC(=O)CC1C(CO[Si](c1ccccc1)(c1ccccc1)C(C)(C)C)C(OC1CCCCO1)C2. The van der Waals surface area contributed by atoms with Crippen LogP contribution in [-0.2, 0) is 23.4 Å². The molecule has 5 unspecified atom stereocenters. The van der Waals surface area contributed by atoms with Crippen molar-refractivity contribution in [2.45, 2.75) is 103 Å². The average molecular weight is 579 g/mol. The van der Waals surface area contributed by atoms with Gasteiger partial charge >= 0.3 is 5.97 Å². The van der Waals surface area contributed by atoms with E-state index in [0.29, 0.717) is 19.6 Å². The van der Waals surface area contributed by atoms with Crippen molar-refractivity contribution < 1.29 is 23.4 Å². The second kappa shape index (κ2) is 13.1. The summed E-state index contributed by atoms with van der Waals surface area (Å²) in [6.07, 6.45) is 8.92. The highest BCUT2D eigenvalue weighted by Gasteiger charge is 2.59. The largest absolute Gasteiger partial charge is 0.465 e. The average Bonchev–Trinajstić information content (AvgIpc) is 3.26. The molecule has 0 N–H and O–H groups in total. The molecule has 2 saturated heterocycles. The quantitative estimate of drug-likeness (QED) is 0.170. The first kappa shape index (κ1) is 30.5. The third kappa shape index (κ3) is 6.36. The predicted octanol–water partition coefficient (Wildman–Crippen LogP) is 6.62. The van der Waals surface area contributed by atoms with Gasteiger partial charge in [-0.15, -0.1) is 0 Å². The molecule has 0 aromatic heterocycles. The zero-order valence-electron chi connectivity index (χ0n) is 25.6. The fourth-order valence-corrected chi connectivity index (χ4v) is 12.5. The van der Waals surface area contributed by atoms with E-state index in [1.165, 1.54) is 23.2 Å². The van der Waals surface area contributed by atoms with E-state index in [4.69, 9.17) is 18.6 Å². The van der Waals surface area contributed by atoms with Crippen LogP contribution in [0.3, 0.4) is 0 Å². The number of ether oxygens (including phenoxy) is 3. The minimum atomic E-state index is -2.73. The first-order valence-electron chi connectivity index (χ1n) is 16.0. The number of hydrogen-bond acceptors (Lipinski definition) is 5. The highest BCUT2D eigenvalue weighted by Crippen LogP contribution is 2.56. The van der Waals surface area contributed by atoms with Gasteiger partial charge in [0.05, 0.1) is 12.7 Å². The van der Waals surface area contributed by atoms with Crippen LogP contribution in [0, 0.1) is 17.3 Å². The van der Waals surface area contributed by atoms with Gasteiger partial charge in [-0.05, 0) is 53.4 Å². The number of carbonyl (C=O) groups excluding carboxylic acids is 1. The molecule has 2 heterocycles. The Morgan fingerprint density at radius 1 is 0.976 bits per heavy atom. The van der Waals surface area contributed by atoms with Crippen LogP contribution in [0.4, 0.5) is 0 Å². The summed E-state index contributed by atoms with van der Waals surface area (Å²) < 4.78 is 26.2. The molecule has 2 aromatic carbocycles. The van der Waals surface area contributed by atoms with Crippen molar-refractivity contribution >= 4 is 24.7 Å². The van der Waals surface area contributed by atoms with E-state index in [9.17, 15) is 4.79 Å². The maximum atomic E-state index is 12.8. The van der Waals surface area contributed by atoms with Crippen LogP contribution in [0.1, 0.15) is 85.5 Å². The molecule has 0 amide bonds. The summed E-state index contributed by atoms with van der Waals surface area (Å²) in [6, 6.07) is 21.7. The van der Waals surface area contributed by atoms with Gasteiger partial charge in [-0.2, -0.15) is 0 Å². The van der Waals surface area contributed by atoms with Crippen LogP contribution in [0.15, 0.2) is 60.7 Å². The summed E-state index contributed by atoms with van der Waals surface area (Å²) in [5.41, 5.74) is -0.0537. The highest BCUT2D eigenvalue weighted by molar-refractivity contribution is 6.99. The van der Waals surface area contributed by atoms with Gasteiger partial charge in [-0.3, -0.25) is 4.79 Å². The number of fused-ring (bicyclic) bond motifs is 1. The van der Waals surface area contributed by atoms with E-state index < -0.39 is 8.32 Å². The van der Waals surface area contributed by atoms with Crippen LogP contribution >= 0.6 is 0 Å². The smallest absolute Gasteiger partial charge is 0.306 e. The summed E-state index contributed by atoms with van der Waals surface area (Å²) in [4.78, 5) is 12.8. The highest BCUT2D eigenvalue weighted by atomic mass is 28.4. The molecule has 1 saturated carbocycles. The van der Waals surface area contributed by atoms with Gasteiger partial charge < -0.3 is 18.6 Å². The third-order valence-electron chi connectivity index (χ3n) is 9.95. The summed E-state index contributed by atoms with van der Waals surface area (Å²) in [6.45, 7) is 11.0. The molecule has 0 spiro atoms. The lowest BCUT2D eigenvalue weighted by Gasteiger charge is -2.45. The fraction of sp³-hybridized carbons (Fsp3) is 0.629. The molecular formula is C35H50O5Si. The van der Waals surface area contributed by atoms with Crippen molar-refractivity contribution in [3.63, 3.8) is 0 Å². The molecule has 1 aliphatic carbocycles. The number of unbranched alkanes of at least 4 members (excludes halogenated alkanes) is 2. The second-order valence-electron chi connectivity index (χ2n) is 13.6. The number of benzene rings is 2. The van der Waals surface area contributed by atoms with E-state index in [2.05, 4.69) is 88.4 Å². The van der Waals surface area contributed by atoms with Crippen molar-refractivity contribution in [1.29, 1.82) is 0 Å². The fourth-order valence-electron chi connectivity index (χ4n) is 7.87. The van der Waals surface area contributed by atoms with Gasteiger partial charge in [0.1, 0.15) is 0 Å². The van der Waals surface area contributed by atoms with E-state index in [-0.39, 0.29) is 40.7 Å². The van der Waals surface area contributed by atoms with Crippen LogP contribution in [0.2, 0.25) is 5.04 Å². The maximum Gasteiger partial charge on any atom is 0.306 e.